The molecule has 0 spiro atoms. The third-order valence-corrected chi connectivity index (χ3v) is 3.05. The first-order valence-corrected chi connectivity index (χ1v) is 7.27. The Hall–Kier alpha value is -2.67. The molecule has 0 aliphatic rings. The van der Waals surface area contributed by atoms with Crippen LogP contribution >= 0.6 is 0 Å². The summed E-state index contributed by atoms with van der Waals surface area (Å²) in [6.07, 6.45) is 0.878. The molecule has 7 nitrogen and oxygen atoms in total. The number of benzene rings is 1. The van der Waals surface area contributed by atoms with Gasteiger partial charge in [-0.15, -0.1) is 0 Å². The number of anilines is 3. The van der Waals surface area contributed by atoms with Crippen LogP contribution in [0.1, 0.15) is 22.6 Å². The van der Waals surface area contributed by atoms with Crippen molar-refractivity contribution in [3.63, 3.8) is 0 Å². The number of ether oxygens (including phenoxy) is 1. The fraction of sp³-hybridized carbons (Fsp3) is 0.312. The maximum Gasteiger partial charge on any atom is 0.335 e. The predicted molar refractivity (Wildman–Crippen MR) is 88.4 cm³/mol. The van der Waals surface area contributed by atoms with Crippen LogP contribution < -0.4 is 10.6 Å². The van der Waals surface area contributed by atoms with Gasteiger partial charge in [0.25, 0.3) is 0 Å². The van der Waals surface area contributed by atoms with E-state index in [9.17, 15) is 4.79 Å². The standard InChI is InChI=1S/C16H20N4O3/c1-11-18-14(17-7-4-8-23-2)10-15(19-11)20-13-6-3-5-12(9-13)16(21)22/h3,5-6,9-10H,4,7-8H2,1-2H3,(H,21,22)(H2,17,18,19,20). The lowest BCUT2D eigenvalue weighted by Crippen LogP contribution is -2.08. The molecule has 1 aromatic carbocycles. The summed E-state index contributed by atoms with van der Waals surface area (Å²) in [6.45, 7) is 3.24. The molecule has 1 heterocycles. The molecule has 0 unspecified atom stereocenters. The lowest BCUT2D eigenvalue weighted by molar-refractivity contribution is 0.0697. The Morgan fingerprint density at radius 3 is 2.78 bits per heavy atom. The molecule has 2 rings (SSSR count). The van der Waals surface area contributed by atoms with Gasteiger partial charge in [0.15, 0.2) is 0 Å². The number of aromatic nitrogens is 2. The highest BCUT2D eigenvalue weighted by atomic mass is 16.5. The highest BCUT2D eigenvalue weighted by molar-refractivity contribution is 5.89. The van der Waals surface area contributed by atoms with E-state index in [0.29, 0.717) is 29.8 Å². The van der Waals surface area contributed by atoms with E-state index < -0.39 is 5.97 Å². The van der Waals surface area contributed by atoms with Crippen molar-refractivity contribution < 1.29 is 14.6 Å². The first-order valence-electron chi connectivity index (χ1n) is 7.27. The van der Waals surface area contributed by atoms with E-state index in [1.807, 2.05) is 0 Å². The van der Waals surface area contributed by atoms with Crippen molar-refractivity contribution in [2.45, 2.75) is 13.3 Å². The molecule has 122 valence electrons. The highest BCUT2D eigenvalue weighted by Crippen LogP contribution is 2.18. The Labute approximate surface area is 134 Å². The van der Waals surface area contributed by atoms with Gasteiger partial charge in [-0.05, 0) is 31.5 Å². The quantitative estimate of drug-likeness (QED) is 0.644. The van der Waals surface area contributed by atoms with E-state index >= 15 is 0 Å². The fourth-order valence-electron chi connectivity index (χ4n) is 2.03. The largest absolute Gasteiger partial charge is 0.478 e. The Bertz CT molecular complexity index is 676. The van der Waals surface area contributed by atoms with E-state index in [2.05, 4.69) is 20.6 Å². The molecular formula is C16H20N4O3. The SMILES string of the molecule is COCCCNc1cc(Nc2cccc(C(=O)O)c2)nc(C)n1. The minimum atomic E-state index is -0.965. The highest BCUT2D eigenvalue weighted by Gasteiger charge is 2.06. The van der Waals surface area contributed by atoms with Crippen LogP contribution in [-0.2, 0) is 4.74 Å². The van der Waals surface area contributed by atoms with Crippen LogP contribution in [0.4, 0.5) is 17.3 Å². The number of carboxylic acid groups (broad SMARTS) is 1. The van der Waals surface area contributed by atoms with Gasteiger partial charge in [0.1, 0.15) is 17.5 Å². The second-order valence-corrected chi connectivity index (χ2v) is 4.97. The van der Waals surface area contributed by atoms with E-state index in [1.54, 1.807) is 44.4 Å². The summed E-state index contributed by atoms with van der Waals surface area (Å²) < 4.78 is 5.00. The van der Waals surface area contributed by atoms with Crippen LogP contribution in [0.3, 0.4) is 0 Å². The van der Waals surface area contributed by atoms with E-state index in [1.165, 1.54) is 0 Å². The number of carboxylic acids is 1. The maximum absolute atomic E-state index is 11.0. The van der Waals surface area contributed by atoms with Crippen LogP contribution in [0.15, 0.2) is 30.3 Å². The number of methoxy groups -OCH3 is 1. The summed E-state index contributed by atoms with van der Waals surface area (Å²) in [5.41, 5.74) is 0.882. The third-order valence-electron chi connectivity index (χ3n) is 3.05. The molecule has 1 aromatic heterocycles. The third kappa shape index (κ3) is 5.23. The smallest absolute Gasteiger partial charge is 0.335 e. The van der Waals surface area contributed by atoms with Crippen LogP contribution in [0.2, 0.25) is 0 Å². The van der Waals surface area contributed by atoms with E-state index in [4.69, 9.17) is 9.84 Å². The molecule has 0 aliphatic heterocycles. The summed E-state index contributed by atoms with van der Waals surface area (Å²) in [6, 6.07) is 8.36. The first kappa shape index (κ1) is 16.7. The minimum absolute atomic E-state index is 0.221. The van der Waals surface area contributed by atoms with Gasteiger partial charge in [-0.2, -0.15) is 0 Å². The normalized spacial score (nSPS) is 10.3. The molecule has 0 aliphatic carbocycles. The van der Waals surface area contributed by atoms with Gasteiger partial charge in [0.05, 0.1) is 5.56 Å². The molecule has 0 bridgehead atoms. The average molecular weight is 316 g/mol. The Morgan fingerprint density at radius 2 is 2.04 bits per heavy atom. The second-order valence-electron chi connectivity index (χ2n) is 4.97. The van der Waals surface area contributed by atoms with Crippen molar-refractivity contribution >= 4 is 23.3 Å². The van der Waals surface area contributed by atoms with Crippen molar-refractivity contribution in [3.05, 3.63) is 41.7 Å². The lowest BCUT2D eigenvalue weighted by Gasteiger charge is -2.10. The monoisotopic (exact) mass is 316 g/mol. The van der Waals surface area contributed by atoms with Crippen molar-refractivity contribution in [2.75, 3.05) is 30.9 Å². The summed E-state index contributed by atoms with van der Waals surface area (Å²) in [5.74, 6) is 0.978. The molecule has 2 aromatic rings. The van der Waals surface area contributed by atoms with Crippen molar-refractivity contribution in [1.82, 2.24) is 9.97 Å². The summed E-state index contributed by atoms with van der Waals surface area (Å²) >= 11 is 0. The zero-order chi connectivity index (χ0) is 16.7. The topological polar surface area (TPSA) is 96.4 Å². The van der Waals surface area contributed by atoms with Gasteiger partial charge in [-0.3, -0.25) is 0 Å². The van der Waals surface area contributed by atoms with Crippen LogP contribution in [0.5, 0.6) is 0 Å². The Kier molecular flexibility index (Phi) is 5.87. The number of carbonyl (C=O) groups is 1. The predicted octanol–water partition coefficient (Wildman–Crippen LogP) is 2.68. The number of aryl methyl sites for hydroxylation is 1. The molecule has 0 atom stereocenters. The number of aromatic carboxylic acids is 1. The fourth-order valence-corrected chi connectivity index (χ4v) is 2.03. The molecular weight excluding hydrogens is 296 g/mol. The summed E-state index contributed by atoms with van der Waals surface area (Å²) in [4.78, 5) is 19.6. The molecule has 3 N–H and O–H groups in total. The lowest BCUT2D eigenvalue weighted by atomic mass is 10.2. The Morgan fingerprint density at radius 1 is 1.26 bits per heavy atom. The molecule has 0 saturated heterocycles. The molecule has 23 heavy (non-hydrogen) atoms. The van der Waals surface area contributed by atoms with Gasteiger partial charge >= 0.3 is 5.97 Å². The number of nitrogens with one attached hydrogen (secondary N) is 2. The Balaban J connectivity index is 2.09. The number of rotatable bonds is 8. The van der Waals surface area contributed by atoms with E-state index in [0.717, 1.165) is 13.0 Å². The van der Waals surface area contributed by atoms with Crippen molar-refractivity contribution in [1.29, 1.82) is 0 Å². The summed E-state index contributed by atoms with van der Waals surface area (Å²) in [5, 5.41) is 15.3. The zero-order valence-electron chi connectivity index (χ0n) is 13.2. The van der Waals surface area contributed by atoms with Gasteiger partial charge in [0.2, 0.25) is 0 Å². The molecule has 0 radical (unpaired) electrons. The maximum atomic E-state index is 11.0. The van der Waals surface area contributed by atoms with Crippen molar-refractivity contribution in [2.24, 2.45) is 0 Å². The average Bonchev–Trinajstić information content (AvgIpc) is 2.51. The molecule has 7 heteroatoms. The van der Waals surface area contributed by atoms with E-state index in [-0.39, 0.29) is 5.56 Å². The van der Waals surface area contributed by atoms with Crippen molar-refractivity contribution in [3.8, 4) is 0 Å². The number of nitrogens with zero attached hydrogens (tertiary/aromatic N) is 2. The number of hydrogen-bond acceptors (Lipinski definition) is 6. The zero-order valence-corrected chi connectivity index (χ0v) is 13.2. The van der Waals surface area contributed by atoms with Gasteiger partial charge in [-0.25, -0.2) is 14.8 Å². The number of hydrogen-bond donors (Lipinski definition) is 3. The molecule has 0 fully saturated rings. The molecule has 0 saturated carbocycles. The van der Waals surface area contributed by atoms with Gasteiger partial charge in [-0.1, -0.05) is 6.07 Å². The summed E-state index contributed by atoms with van der Waals surface area (Å²) in [7, 11) is 1.67. The first-order chi connectivity index (χ1) is 11.1. The van der Waals surface area contributed by atoms with Gasteiger partial charge < -0.3 is 20.5 Å². The van der Waals surface area contributed by atoms with Crippen LogP contribution in [0.25, 0.3) is 0 Å². The minimum Gasteiger partial charge on any atom is -0.478 e. The second kappa shape index (κ2) is 8.09. The van der Waals surface area contributed by atoms with Crippen LogP contribution in [0, 0.1) is 6.92 Å². The van der Waals surface area contributed by atoms with Crippen LogP contribution in [-0.4, -0.2) is 41.3 Å². The van der Waals surface area contributed by atoms with Gasteiger partial charge in [0, 0.05) is 32.0 Å². The molecule has 0 amide bonds.